The van der Waals surface area contributed by atoms with Crippen molar-refractivity contribution in [3.63, 3.8) is 0 Å². The van der Waals surface area contributed by atoms with Gasteiger partial charge in [-0.2, -0.15) is 0 Å². The average Bonchev–Trinajstić information content (AvgIpc) is 2.42. The van der Waals surface area contributed by atoms with Crippen LogP contribution in [0.15, 0.2) is 42.6 Å². The predicted molar refractivity (Wildman–Crippen MR) is 78.5 cm³/mol. The van der Waals surface area contributed by atoms with Crippen molar-refractivity contribution in [3.8, 4) is 0 Å². The van der Waals surface area contributed by atoms with E-state index in [4.69, 9.17) is 10.8 Å². The minimum Gasteiger partial charge on any atom is -0.481 e. The Balaban J connectivity index is 2.38. The van der Waals surface area contributed by atoms with Gasteiger partial charge >= 0.3 is 12.0 Å². The summed E-state index contributed by atoms with van der Waals surface area (Å²) in [5, 5.41) is 8.72. The highest BCUT2D eigenvalue weighted by molar-refractivity contribution is 5.98. The summed E-state index contributed by atoms with van der Waals surface area (Å²) in [6.07, 6.45) is 1.27. The Morgan fingerprint density at radius 3 is 2.48 bits per heavy atom. The van der Waals surface area contributed by atoms with E-state index in [1.165, 1.54) is 11.1 Å². The predicted octanol–water partition coefficient (Wildman–Crippen LogP) is 2.23. The van der Waals surface area contributed by atoms with Gasteiger partial charge in [-0.15, -0.1) is 0 Å². The Labute approximate surface area is 121 Å². The van der Waals surface area contributed by atoms with Crippen LogP contribution in [0, 0.1) is 6.92 Å². The molecule has 2 aromatic rings. The molecule has 1 heterocycles. The zero-order valence-electron chi connectivity index (χ0n) is 11.5. The highest BCUT2D eigenvalue weighted by Crippen LogP contribution is 2.27. The smallest absolute Gasteiger partial charge is 0.323 e. The maximum atomic E-state index is 11.7. The summed E-state index contributed by atoms with van der Waals surface area (Å²) >= 11 is 0. The van der Waals surface area contributed by atoms with Crippen molar-refractivity contribution in [1.82, 2.24) is 4.98 Å². The number of benzene rings is 1. The molecule has 0 atom stereocenters. The van der Waals surface area contributed by atoms with Crippen LogP contribution in [-0.2, 0) is 11.2 Å². The number of para-hydroxylation sites is 1. The number of primary amides is 1. The summed E-state index contributed by atoms with van der Waals surface area (Å²) < 4.78 is 0. The van der Waals surface area contributed by atoms with Gasteiger partial charge in [-0.1, -0.05) is 18.2 Å². The zero-order valence-corrected chi connectivity index (χ0v) is 11.5. The molecule has 6 heteroatoms. The highest BCUT2D eigenvalue weighted by atomic mass is 16.4. The number of carboxylic acids is 1. The molecule has 1 aromatic carbocycles. The Morgan fingerprint density at radius 2 is 1.95 bits per heavy atom. The fourth-order valence-corrected chi connectivity index (χ4v) is 2.01. The lowest BCUT2D eigenvalue weighted by atomic mass is 10.1. The Morgan fingerprint density at radius 1 is 1.24 bits per heavy atom. The number of urea groups is 1. The third-order valence-electron chi connectivity index (χ3n) is 2.98. The lowest BCUT2D eigenvalue weighted by molar-refractivity contribution is -0.136. The first kappa shape index (κ1) is 14.5. The number of hydrogen-bond acceptors (Lipinski definition) is 3. The van der Waals surface area contributed by atoms with Crippen LogP contribution in [0.1, 0.15) is 11.3 Å². The lowest BCUT2D eigenvalue weighted by Crippen LogP contribution is -2.32. The molecule has 6 nitrogen and oxygen atoms in total. The van der Waals surface area contributed by atoms with E-state index in [1.54, 1.807) is 18.2 Å². The molecule has 0 aliphatic rings. The van der Waals surface area contributed by atoms with E-state index in [0.29, 0.717) is 17.1 Å². The Kier molecular flexibility index (Phi) is 4.18. The molecule has 0 saturated heterocycles. The molecule has 0 bridgehead atoms. The zero-order chi connectivity index (χ0) is 15.4. The molecule has 108 valence electrons. The maximum absolute atomic E-state index is 11.7. The first-order valence-electron chi connectivity index (χ1n) is 6.31. The van der Waals surface area contributed by atoms with Gasteiger partial charge in [-0.25, -0.2) is 4.79 Å². The number of carboxylic acid groups (broad SMARTS) is 1. The molecule has 0 unspecified atom stereocenters. The number of rotatable bonds is 4. The van der Waals surface area contributed by atoms with Crippen molar-refractivity contribution in [2.24, 2.45) is 5.73 Å². The molecule has 0 aliphatic heterocycles. The van der Waals surface area contributed by atoms with Crippen molar-refractivity contribution in [3.05, 3.63) is 53.9 Å². The average molecular weight is 285 g/mol. The number of pyridine rings is 1. The topological polar surface area (TPSA) is 96.5 Å². The third-order valence-corrected chi connectivity index (χ3v) is 2.98. The van der Waals surface area contributed by atoms with E-state index in [0.717, 1.165) is 5.56 Å². The van der Waals surface area contributed by atoms with Gasteiger partial charge in [0.15, 0.2) is 0 Å². The van der Waals surface area contributed by atoms with Crippen molar-refractivity contribution >= 4 is 23.4 Å². The number of aryl methyl sites for hydroxylation is 1. The Hall–Kier alpha value is -2.89. The molecular weight excluding hydrogens is 270 g/mol. The number of hydrogen-bond donors (Lipinski definition) is 2. The van der Waals surface area contributed by atoms with Gasteiger partial charge < -0.3 is 10.8 Å². The minimum absolute atomic E-state index is 0.165. The number of nitrogens with zero attached hydrogens (tertiary/aromatic N) is 2. The van der Waals surface area contributed by atoms with Crippen LogP contribution in [-0.4, -0.2) is 22.1 Å². The quantitative estimate of drug-likeness (QED) is 0.900. The normalized spacial score (nSPS) is 10.1. The van der Waals surface area contributed by atoms with Crippen LogP contribution in [0.5, 0.6) is 0 Å². The van der Waals surface area contributed by atoms with Gasteiger partial charge in [-0.05, 0) is 30.7 Å². The van der Waals surface area contributed by atoms with E-state index in [2.05, 4.69) is 4.98 Å². The van der Waals surface area contributed by atoms with E-state index in [9.17, 15) is 9.59 Å². The van der Waals surface area contributed by atoms with Crippen LogP contribution >= 0.6 is 0 Å². The molecule has 2 rings (SSSR count). The molecule has 21 heavy (non-hydrogen) atoms. The third kappa shape index (κ3) is 3.36. The second kappa shape index (κ2) is 6.04. The molecule has 3 N–H and O–H groups in total. The van der Waals surface area contributed by atoms with Crippen molar-refractivity contribution in [1.29, 1.82) is 0 Å². The Bertz CT molecular complexity index is 668. The SMILES string of the molecule is Cc1ccccc1N(C(N)=O)c1ccc(CC(=O)O)nc1. The molecule has 0 saturated carbocycles. The summed E-state index contributed by atoms with van der Waals surface area (Å²) in [4.78, 5) is 27.8. The molecule has 0 fully saturated rings. The monoisotopic (exact) mass is 285 g/mol. The van der Waals surface area contributed by atoms with Crippen LogP contribution < -0.4 is 10.6 Å². The fourth-order valence-electron chi connectivity index (χ4n) is 2.01. The second-order valence-electron chi connectivity index (χ2n) is 4.54. The van der Waals surface area contributed by atoms with Crippen LogP contribution in [0.25, 0.3) is 0 Å². The van der Waals surface area contributed by atoms with Crippen LogP contribution in [0.2, 0.25) is 0 Å². The largest absolute Gasteiger partial charge is 0.481 e. The van der Waals surface area contributed by atoms with Crippen molar-refractivity contribution in [2.45, 2.75) is 13.3 Å². The summed E-state index contributed by atoms with van der Waals surface area (Å²) in [5.41, 5.74) is 7.92. The number of anilines is 2. The molecule has 0 spiro atoms. The summed E-state index contributed by atoms with van der Waals surface area (Å²) in [6.45, 7) is 1.87. The van der Waals surface area contributed by atoms with E-state index < -0.39 is 12.0 Å². The molecule has 0 radical (unpaired) electrons. The van der Waals surface area contributed by atoms with Gasteiger partial charge in [0.25, 0.3) is 0 Å². The van der Waals surface area contributed by atoms with E-state index in [1.807, 2.05) is 25.1 Å². The fraction of sp³-hybridized carbons (Fsp3) is 0.133. The molecule has 0 aliphatic carbocycles. The van der Waals surface area contributed by atoms with Crippen LogP contribution in [0.4, 0.5) is 16.2 Å². The summed E-state index contributed by atoms with van der Waals surface area (Å²) in [6, 6.07) is 9.90. The van der Waals surface area contributed by atoms with Crippen molar-refractivity contribution < 1.29 is 14.7 Å². The van der Waals surface area contributed by atoms with Gasteiger partial charge in [0, 0.05) is 0 Å². The van der Waals surface area contributed by atoms with E-state index in [-0.39, 0.29) is 6.42 Å². The second-order valence-corrected chi connectivity index (χ2v) is 4.54. The highest BCUT2D eigenvalue weighted by Gasteiger charge is 2.17. The maximum Gasteiger partial charge on any atom is 0.323 e. The number of amides is 2. The number of aliphatic carboxylic acids is 1. The van der Waals surface area contributed by atoms with Crippen LogP contribution in [0.3, 0.4) is 0 Å². The lowest BCUT2D eigenvalue weighted by Gasteiger charge is -2.22. The number of nitrogens with two attached hydrogens (primary N) is 1. The van der Waals surface area contributed by atoms with Gasteiger partial charge in [-0.3, -0.25) is 14.7 Å². The standard InChI is InChI=1S/C15H15N3O3/c1-10-4-2-3-5-13(10)18(15(16)21)12-7-6-11(17-9-12)8-14(19)20/h2-7,9H,8H2,1H3,(H2,16,21)(H,19,20). The number of carbonyl (C=O) groups excluding carboxylic acids is 1. The molecule has 2 amide bonds. The van der Waals surface area contributed by atoms with Gasteiger partial charge in [0.1, 0.15) is 0 Å². The number of aromatic nitrogens is 1. The van der Waals surface area contributed by atoms with Gasteiger partial charge in [0.05, 0.1) is 29.7 Å². The minimum atomic E-state index is -0.957. The van der Waals surface area contributed by atoms with E-state index >= 15 is 0 Å². The molecule has 1 aromatic heterocycles. The summed E-state index contributed by atoms with van der Waals surface area (Å²) in [5.74, 6) is -0.957. The summed E-state index contributed by atoms with van der Waals surface area (Å²) in [7, 11) is 0. The number of carbonyl (C=O) groups is 2. The van der Waals surface area contributed by atoms with Gasteiger partial charge in [0.2, 0.25) is 0 Å². The van der Waals surface area contributed by atoms with Crippen molar-refractivity contribution in [2.75, 3.05) is 4.90 Å². The molecular formula is C15H15N3O3. The first-order valence-corrected chi connectivity index (χ1v) is 6.31. The first-order chi connectivity index (χ1) is 9.99.